The average molecular weight is 241 g/mol. The minimum atomic E-state index is -3.07. The number of nitrogens with two attached hydrogens (primary N) is 1. The summed E-state index contributed by atoms with van der Waals surface area (Å²) in [6.45, 7) is 0. The molecule has 1 atom stereocenters. The van der Waals surface area contributed by atoms with Gasteiger partial charge in [-0.3, -0.25) is 9.59 Å². The van der Waals surface area contributed by atoms with Crippen LogP contribution in [0.25, 0.3) is 0 Å². The molecule has 7 heteroatoms. The number of phenolic OH excluding ortho intramolecular Hbond substituents is 1. The number of aliphatic hydroxyl groups is 3. The van der Waals surface area contributed by atoms with E-state index in [1.165, 1.54) is 6.07 Å². The molecule has 7 nitrogen and oxygen atoms in total. The van der Waals surface area contributed by atoms with Crippen LogP contribution in [0.15, 0.2) is 18.2 Å². The van der Waals surface area contributed by atoms with Crippen molar-refractivity contribution in [2.24, 2.45) is 5.73 Å². The molecule has 0 spiro atoms. The number of rotatable bonds is 4. The molecule has 0 bridgehead atoms. The highest BCUT2D eigenvalue weighted by atomic mass is 16.5. The van der Waals surface area contributed by atoms with Gasteiger partial charge in [-0.25, -0.2) is 0 Å². The van der Waals surface area contributed by atoms with Crippen molar-refractivity contribution >= 4 is 12.2 Å². The zero-order valence-electron chi connectivity index (χ0n) is 8.57. The molecule has 0 heterocycles. The molecule has 17 heavy (non-hydrogen) atoms. The molecule has 1 amide bonds. The van der Waals surface area contributed by atoms with Gasteiger partial charge in [-0.05, 0) is 18.2 Å². The largest absolute Gasteiger partial charge is 0.507 e. The molecule has 1 aromatic rings. The van der Waals surface area contributed by atoms with Gasteiger partial charge in [0.05, 0.1) is 5.56 Å². The first-order valence-electron chi connectivity index (χ1n) is 4.51. The molecule has 0 aliphatic carbocycles. The van der Waals surface area contributed by atoms with Crippen LogP contribution >= 0.6 is 0 Å². The Morgan fingerprint density at radius 2 is 2.00 bits per heavy atom. The summed E-state index contributed by atoms with van der Waals surface area (Å²) in [5, 5.41) is 37.7. The van der Waals surface area contributed by atoms with Gasteiger partial charge in [0.2, 0.25) is 5.79 Å². The molecule has 1 aromatic carbocycles. The Balaban J connectivity index is 3.30. The molecule has 0 radical (unpaired) electrons. The fourth-order valence-electron chi connectivity index (χ4n) is 1.27. The highest BCUT2D eigenvalue weighted by Crippen LogP contribution is 2.30. The topological polar surface area (TPSA) is 141 Å². The summed E-state index contributed by atoms with van der Waals surface area (Å²) >= 11 is 0. The molecule has 0 aliphatic rings. The summed E-state index contributed by atoms with van der Waals surface area (Å²) in [5.41, 5.74) is 4.16. The lowest BCUT2D eigenvalue weighted by Crippen LogP contribution is -2.47. The quantitative estimate of drug-likeness (QED) is 0.310. The first-order valence-corrected chi connectivity index (χ1v) is 4.51. The first-order chi connectivity index (χ1) is 7.80. The minimum Gasteiger partial charge on any atom is -0.507 e. The maximum absolute atomic E-state index is 10.7. The smallest absolute Gasteiger partial charge is 0.252 e. The lowest BCUT2D eigenvalue weighted by Gasteiger charge is -2.26. The van der Waals surface area contributed by atoms with Crippen LogP contribution in [-0.4, -0.2) is 38.7 Å². The van der Waals surface area contributed by atoms with E-state index in [2.05, 4.69) is 0 Å². The van der Waals surface area contributed by atoms with Crippen LogP contribution in [0.4, 0.5) is 0 Å². The van der Waals surface area contributed by atoms with E-state index in [0.717, 1.165) is 12.1 Å². The van der Waals surface area contributed by atoms with Gasteiger partial charge < -0.3 is 26.2 Å². The van der Waals surface area contributed by atoms with Gasteiger partial charge in [-0.15, -0.1) is 0 Å². The number of carbonyl (C=O) groups excluding carboxylic acids is 2. The maximum Gasteiger partial charge on any atom is 0.252 e. The van der Waals surface area contributed by atoms with Crippen molar-refractivity contribution in [3.05, 3.63) is 29.3 Å². The predicted octanol–water partition coefficient (Wildman–Crippen LogP) is -1.81. The van der Waals surface area contributed by atoms with Crippen LogP contribution in [-0.2, 0) is 10.6 Å². The third-order valence-electron chi connectivity index (χ3n) is 2.20. The Morgan fingerprint density at radius 3 is 2.47 bits per heavy atom. The molecule has 0 saturated carbocycles. The normalized spacial score (nSPS) is 13.1. The number of aromatic hydroxyl groups is 1. The molecule has 0 fully saturated rings. The summed E-state index contributed by atoms with van der Waals surface area (Å²) in [6, 6.07) is 3.17. The fourth-order valence-corrected chi connectivity index (χ4v) is 1.27. The van der Waals surface area contributed by atoms with Crippen molar-refractivity contribution in [2.75, 3.05) is 0 Å². The molecular weight excluding hydrogens is 230 g/mol. The van der Waals surface area contributed by atoms with Gasteiger partial charge in [0, 0.05) is 5.56 Å². The number of amides is 1. The van der Waals surface area contributed by atoms with Crippen molar-refractivity contribution in [3.8, 4) is 5.75 Å². The predicted molar refractivity (Wildman–Crippen MR) is 54.8 cm³/mol. The van der Waals surface area contributed by atoms with Crippen molar-refractivity contribution in [2.45, 2.75) is 11.9 Å². The monoisotopic (exact) mass is 241 g/mol. The van der Waals surface area contributed by atoms with Crippen molar-refractivity contribution in [3.63, 3.8) is 0 Å². The maximum atomic E-state index is 10.7. The number of hydrogen-bond donors (Lipinski definition) is 5. The van der Waals surface area contributed by atoms with Gasteiger partial charge in [0.1, 0.15) is 12.0 Å². The van der Waals surface area contributed by atoms with E-state index in [1.54, 1.807) is 0 Å². The third kappa shape index (κ3) is 2.41. The first kappa shape index (κ1) is 13.1. The Bertz CT molecular complexity index is 456. The number of hydrogen-bond acceptors (Lipinski definition) is 6. The second-order valence-electron chi connectivity index (χ2n) is 3.43. The fraction of sp³-hybridized carbons (Fsp3) is 0.200. The SMILES string of the molecule is NC(=O)C(O)C(O)(O)c1cc(C=O)ccc1O. The van der Waals surface area contributed by atoms with E-state index < -0.39 is 29.1 Å². The molecule has 0 aromatic heterocycles. The minimum absolute atomic E-state index is 0.0296. The molecule has 1 rings (SSSR count). The highest BCUT2D eigenvalue weighted by Gasteiger charge is 2.41. The van der Waals surface area contributed by atoms with E-state index in [0.29, 0.717) is 6.29 Å². The van der Waals surface area contributed by atoms with Crippen LogP contribution in [0, 0.1) is 0 Å². The molecular formula is C10H11NO6. The van der Waals surface area contributed by atoms with E-state index in [-0.39, 0.29) is 5.56 Å². The second kappa shape index (κ2) is 4.50. The highest BCUT2D eigenvalue weighted by molar-refractivity contribution is 5.80. The van der Waals surface area contributed by atoms with Gasteiger partial charge in [-0.1, -0.05) is 0 Å². The molecule has 92 valence electrons. The number of aldehydes is 1. The lowest BCUT2D eigenvalue weighted by molar-refractivity contribution is -0.230. The van der Waals surface area contributed by atoms with Crippen molar-refractivity contribution < 1.29 is 30.0 Å². The summed E-state index contributed by atoms with van der Waals surface area (Å²) in [6.07, 6.45) is -1.94. The van der Waals surface area contributed by atoms with Crippen LogP contribution in [0.2, 0.25) is 0 Å². The lowest BCUT2D eigenvalue weighted by atomic mass is 9.97. The average Bonchev–Trinajstić information content (AvgIpc) is 2.28. The summed E-state index contributed by atoms with van der Waals surface area (Å²) < 4.78 is 0. The Morgan fingerprint density at radius 1 is 1.41 bits per heavy atom. The van der Waals surface area contributed by atoms with Gasteiger partial charge in [0.25, 0.3) is 5.91 Å². The van der Waals surface area contributed by atoms with Gasteiger partial charge in [0.15, 0.2) is 6.10 Å². The van der Waals surface area contributed by atoms with Crippen LogP contribution in [0.5, 0.6) is 5.75 Å². The zero-order chi connectivity index (χ0) is 13.2. The van der Waals surface area contributed by atoms with Crippen molar-refractivity contribution in [1.29, 1.82) is 0 Å². The van der Waals surface area contributed by atoms with Crippen LogP contribution in [0.1, 0.15) is 15.9 Å². The van der Waals surface area contributed by atoms with E-state index in [1.807, 2.05) is 0 Å². The van der Waals surface area contributed by atoms with E-state index in [4.69, 9.17) is 5.73 Å². The van der Waals surface area contributed by atoms with Gasteiger partial charge in [-0.2, -0.15) is 0 Å². The van der Waals surface area contributed by atoms with E-state index >= 15 is 0 Å². The van der Waals surface area contributed by atoms with Crippen LogP contribution in [0.3, 0.4) is 0 Å². The Labute approximate surface area is 95.7 Å². The second-order valence-corrected chi connectivity index (χ2v) is 3.43. The molecule has 6 N–H and O–H groups in total. The number of primary amides is 1. The summed E-state index contributed by atoms with van der Waals surface area (Å²) in [5.74, 6) is -5.05. The van der Waals surface area contributed by atoms with Crippen LogP contribution < -0.4 is 5.73 Å². The van der Waals surface area contributed by atoms with Crippen molar-refractivity contribution in [1.82, 2.24) is 0 Å². The summed E-state index contributed by atoms with van der Waals surface area (Å²) in [4.78, 5) is 21.2. The number of benzene rings is 1. The Hall–Kier alpha value is -1.96. The number of carbonyl (C=O) groups is 2. The summed E-state index contributed by atoms with van der Waals surface area (Å²) in [7, 11) is 0. The molecule has 1 unspecified atom stereocenters. The standard InChI is InChI=1S/C10H11NO6/c11-9(15)8(14)10(16,17)6-3-5(4-12)1-2-7(6)13/h1-4,8,13-14,16-17H,(H2,11,15). The Kier molecular flexibility index (Phi) is 3.47. The number of phenols is 1. The number of aliphatic hydroxyl groups excluding tert-OH is 1. The third-order valence-corrected chi connectivity index (χ3v) is 2.20. The van der Waals surface area contributed by atoms with E-state index in [9.17, 15) is 30.0 Å². The zero-order valence-corrected chi connectivity index (χ0v) is 8.57. The molecule has 0 aliphatic heterocycles. The molecule has 0 saturated heterocycles. The van der Waals surface area contributed by atoms with Gasteiger partial charge >= 0.3 is 0 Å².